The Morgan fingerprint density at radius 2 is 2.20 bits per heavy atom. The normalized spacial score (nSPS) is 23.3. The van der Waals surface area contributed by atoms with Crippen molar-refractivity contribution in [2.45, 2.75) is 50.9 Å². The van der Waals surface area contributed by atoms with E-state index < -0.39 is 48.7 Å². The first kappa shape index (κ1) is 21.2. The maximum atomic E-state index is 15.0. The van der Waals surface area contributed by atoms with Crippen LogP contribution in [0.2, 0.25) is 0 Å². The number of aromatic nitrogens is 4. The monoisotopic (exact) mass is 422 g/mol. The van der Waals surface area contributed by atoms with E-state index >= 15 is 4.39 Å². The van der Waals surface area contributed by atoms with Crippen LogP contribution in [0.5, 0.6) is 0 Å². The summed E-state index contributed by atoms with van der Waals surface area (Å²) in [6.07, 6.45) is -5.34. The fraction of sp³-hybridized carbons (Fsp3) is 0.529. The number of hydrogen-bond acceptors (Lipinski definition) is 10. The quantitative estimate of drug-likeness (QED) is 0.617. The number of nitriles is 1. The smallest absolute Gasteiger partial charge is 0.332 e. The molecule has 3 rings (SSSR count). The third kappa shape index (κ3) is 3.81. The van der Waals surface area contributed by atoms with Crippen molar-refractivity contribution in [3.63, 3.8) is 0 Å². The molecule has 30 heavy (non-hydrogen) atoms. The van der Waals surface area contributed by atoms with Crippen LogP contribution in [0.1, 0.15) is 26.0 Å². The zero-order valence-electron chi connectivity index (χ0n) is 16.1. The van der Waals surface area contributed by atoms with Gasteiger partial charge < -0.3 is 19.9 Å². The number of esters is 2. The van der Waals surface area contributed by atoms with Crippen molar-refractivity contribution in [1.82, 2.24) is 19.1 Å². The van der Waals surface area contributed by atoms with E-state index in [0.29, 0.717) is 0 Å². The highest BCUT2D eigenvalue weighted by molar-refractivity contribution is 5.72. The van der Waals surface area contributed by atoms with Gasteiger partial charge in [0.2, 0.25) is 5.95 Å². The number of carbonyl (C=O) groups is 2. The second-order valence-corrected chi connectivity index (χ2v) is 6.51. The van der Waals surface area contributed by atoms with Gasteiger partial charge in [0, 0.05) is 13.5 Å². The molecule has 0 saturated carbocycles. The lowest BCUT2D eigenvalue weighted by molar-refractivity contribution is -0.154. The van der Waals surface area contributed by atoms with E-state index in [0.717, 1.165) is 18.6 Å². The topological polar surface area (TPSA) is 164 Å². The average Bonchev–Trinajstić information content (AvgIpc) is 3.13. The van der Waals surface area contributed by atoms with Crippen LogP contribution in [0, 0.1) is 11.3 Å². The van der Waals surface area contributed by atoms with Crippen molar-refractivity contribution >= 4 is 29.1 Å². The molecule has 0 bridgehead atoms. The van der Waals surface area contributed by atoms with Crippen LogP contribution >= 0.6 is 0 Å². The van der Waals surface area contributed by atoms with E-state index in [9.17, 15) is 14.4 Å². The Labute approximate surface area is 168 Å². The standard InChI is InChI=1S/C17H19FN6O6/c1-8(25)29-13-12(18)10(6-11(26)28-2)30-15(13)24-14-9(7-21-16(20)22-14)23(17(24)27)5-3-4-19/h7,10,12-13,15H,3,5-6H2,1-2H3,(H2,20,21,22)/t10-,12-,13-,15-/m1/s1. The molecule has 0 aromatic carbocycles. The van der Waals surface area contributed by atoms with E-state index in [2.05, 4.69) is 14.7 Å². The van der Waals surface area contributed by atoms with Gasteiger partial charge >= 0.3 is 17.6 Å². The number of methoxy groups -OCH3 is 1. The SMILES string of the molecule is COC(=O)C[C@H]1O[C@@H](n2c(=O)n(CCC#N)c3cnc(N)nc32)[C@H](OC(C)=O)[C@@H]1F. The lowest BCUT2D eigenvalue weighted by Crippen LogP contribution is -2.37. The van der Waals surface area contributed by atoms with Crippen LogP contribution in [0.25, 0.3) is 11.2 Å². The molecular formula is C17H19FN6O6. The fourth-order valence-corrected chi connectivity index (χ4v) is 3.31. The Morgan fingerprint density at radius 3 is 2.83 bits per heavy atom. The van der Waals surface area contributed by atoms with Gasteiger partial charge in [-0.3, -0.25) is 14.2 Å². The zero-order valence-corrected chi connectivity index (χ0v) is 16.1. The number of alkyl halides is 1. The van der Waals surface area contributed by atoms with Crippen LogP contribution in [0.4, 0.5) is 10.3 Å². The number of imidazole rings is 1. The summed E-state index contributed by atoms with van der Waals surface area (Å²) in [5.74, 6) is -1.69. The zero-order chi connectivity index (χ0) is 22.0. The predicted octanol–water partition coefficient (Wildman–Crippen LogP) is -0.181. The van der Waals surface area contributed by atoms with E-state index in [1.54, 1.807) is 0 Å². The van der Waals surface area contributed by atoms with Gasteiger partial charge in [0.25, 0.3) is 0 Å². The molecular weight excluding hydrogens is 403 g/mol. The van der Waals surface area contributed by atoms with E-state index in [1.807, 2.05) is 6.07 Å². The second kappa shape index (κ2) is 8.46. The summed E-state index contributed by atoms with van der Waals surface area (Å²) in [5, 5.41) is 8.87. The Kier molecular flexibility index (Phi) is 5.97. The minimum atomic E-state index is -1.92. The summed E-state index contributed by atoms with van der Waals surface area (Å²) in [4.78, 5) is 44.1. The van der Waals surface area contributed by atoms with Gasteiger partial charge in [-0.15, -0.1) is 0 Å². The lowest BCUT2D eigenvalue weighted by Gasteiger charge is -2.19. The maximum Gasteiger partial charge on any atom is 0.332 e. The van der Waals surface area contributed by atoms with Crippen molar-refractivity contribution < 1.29 is 28.2 Å². The number of aryl methyl sites for hydroxylation is 1. The Bertz CT molecular complexity index is 1080. The molecule has 0 unspecified atom stereocenters. The Balaban J connectivity index is 2.13. The number of halogens is 1. The molecule has 1 aliphatic heterocycles. The summed E-state index contributed by atoms with van der Waals surface area (Å²) < 4.78 is 32.5. The summed E-state index contributed by atoms with van der Waals surface area (Å²) in [7, 11) is 1.14. The largest absolute Gasteiger partial charge is 0.469 e. The molecule has 1 aliphatic rings. The molecule has 1 fully saturated rings. The Morgan fingerprint density at radius 1 is 1.47 bits per heavy atom. The summed E-state index contributed by atoms with van der Waals surface area (Å²) in [6.45, 7) is 1.10. The molecule has 1 saturated heterocycles. The molecule has 0 spiro atoms. The highest BCUT2D eigenvalue weighted by Gasteiger charge is 2.50. The number of nitrogens with two attached hydrogens (primary N) is 1. The minimum absolute atomic E-state index is 0.0125. The van der Waals surface area contributed by atoms with Crippen molar-refractivity contribution in [2.75, 3.05) is 12.8 Å². The van der Waals surface area contributed by atoms with Gasteiger partial charge in [-0.1, -0.05) is 0 Å². The number of rotatable bonds is 6. The van der Waals surface area contributed by atoms with Crippen LogP contribution in [-0.4, -0.2) is 56.5 Å². The number of fused-ring (bicyclic) bond motifs is 1. The van der Waals surface area contributed by atoms with E-state index in [1.165, 1.54) is 10.8 Å². The molecule has 0 amide bonds. The van der Waals surface area contributed by atoms with E-state index in [-0.39, 0.29) is 30.1 Å². The lowest BCUT2D eigenvalue weighted by atomic mass is 10.1. The number of nitrogens with zero attached hydrogens (tertiary/aromatic N) is 5. The number of ether oxygens (including phenoxy) is 3. The van der Waals surface area contributed by atoms with Gasteiger partial charge in [-0.25, -0.2) is 18.7 Å². The highest BCUT2D eigenvalue weighted by Crippen LogP contribution is 2.36. The molecule has 0 aliphatic carbocycles. The molecule has 2 aromatic heterocycles. The summed E-state index contributed by atoms with van der Waals surface area (Å²) in [6, 6.07) is 1.93. The molecule has 3 heterocycles. The van der Waals surface area contributed by atoms with Crippen LogP contribution < -0.4 is 11.4 Å². The van der Waals surface area contributed by atoms with Gasteiger partial charge in [-0.2, -0.15) is 10.2 Å². The average molecular weight is 422 g/mol. The predicted molar refractivity (Wildman–Crippen MR) is 97.4 cm³/mol. The molecule has 2 N–H and O–H groups in total. The molecule has 160 valence electrons. The minimum Gasteiger partial charge on any atom is -0.469 e. The molecule has 0 radical (unpaired) electrons. The second-order valence-electron chi connectivity index (χ2n) is 6.51. The van der Waals surface area contributed by atoms with Gasteiger partial charge in [0.15, 0.2) is 24.2 Å². The first-order chi connectivity index (χ1) is 14.3. The van der Waals surface area contributed by atoms with Crippen LogP contribution in [0.15, 0.2) is 11.0 Å². The number of anilines is 1. The first-order valence-corrected chi connectivity index (χ1v) is 8.92. The molecule has 12 nitrogen and oxygen atoms in total. The third-order valence-electron chi connectivity index (χ3n) is 4.59. The maximum absolute atomic E-state index is 15.0. The highest BCUT2D eigenvalue weighted by atomic mass is 19.1. The molecule has 13 heteroatoms. The molecule has 2 aromatic rings. The summed E-state index contributed by atoms with van der Waals surface area (Å²) in [5.41, 5.74) is 5.21. The Hall–Kier alpha value is -3.53. The summed E-state index contributed by atoms with van der Waals surface area (Å²) >= 11 is 0. The van der Waals surface area contributed by atoms with Gasteiger partial charge in [-0.05, 0) is 0 Å². The molecule has 4 atom stereocenters. The van der Waals surface area contributed by atoms with Crippen LogP contribution in [-0.2, 0) is 30.3 Å². The van der Waals surface area contributed by atoms with Crippen molar-refractivity contribution in [3.05, 3.63) is 16.7 Å². The van der Waals surface area contributed by atoms with Gasteiger partial charge in [0.05, 0.1) is 32.2 Å². The van der Waals surface area contributed by atoms with Crippen LogP contribution in [0.3, 0.4) is 0 Å². The number of nitrogen functional groups attached to an aromatic ring is 1. The fourth-order valence-electron chi connectivity index (χ4n) is 3.31. The number of hydrogen-bond donors (Lipinski definition) is 1. The number of carbonyl (C=O) groups excluding carboxylic acids is 2. The van der Waals surface area contributed by atoms with Gasteiger partial charge in [0.1, 0.15) is 11.6 Å². The van der Waals surface area contributed by atoms with Crippen molar-refractivity contribution in [3.8, 4) is 6.07 Å². The van der Waals surface area contributed by atoms with Crippen molar-refractivity contribution in [2.24, 2.45) is 0 Å². The first-order valence-electron chi connectivity index (χ1n) is 8.92. The van der Waals surface area contributed by atoms with Crippen molar-refractivity contribution in [1.29, 1.82) is 5.26 Å². The van der Waals surface area contributed by atoms with E-state index in [4.69, 9.17) is 20.5 Å². The third-order valence-corrected chi connectivity index (χ3v) is 4.59.